The molecule has 3 aromatic rings. The number of benzene rings is 3. The van der Waals surface area contributed by atoms with E-state index in [0.29, 0.717) is 5.56 Å². The molecule has 3 heteroatoms. The Morgan fingerprint density at radius 3 is 2.28 bits per heavy atom. The van der Waals surface area contributed by atoms with Crippen LogP contribution in [0.1, 0.15) is 51.0 Å². The minimum absolute atomic E-state index is 0.175. The molecule has 1 fully saturated rings. The molecule has 4 rings (SSSR count). The van der Waals surface area contributed by atoms with Gasteiger partial charge in [0.2, 0.25) is 0 Å². The third kappa shape index (κ3) is 5.02. The summed E-state index contributed by atoms with van der Waals surface area (Å²) in [5.74, 6) is -0.175. The Balaban J connectivity index is 1.83. The van der Waals surface area contributed by atoms with Crippen LogP contribution in [0.4, 0.5) is 4.39 Å². The summed E-state index contributed by atoms with van der Waals surface area (Å²) in [5.41, 5.74) is 5.53. The Hall–Kier alpha value is -1.90. The summed E-state index contributed by atoms with van der Waals surface area (Å²) < 4.78 is 14.8. The third-order valence-corrected chi connectivity index (χ3v) is 10.2. The summed E-state index contributed by atoms with van der Waals surface area (Å²) in [5, 5.41) is 0.722. The van der Waals surface area contributed by atoms with Crippen molar-refractivity contribution < 1.29 is 4.39 Å². The first-order valence-corrected chi connectivity index (χ1v) is 15.3. The van der Waals surface area contributed by atoms with Gasteiger partial charge in [-0.05, 0) is 71.2 Å². The van der Waals surface area contributed by atoms with Gasteiger partial charge in [0.25, 0.3) is 0 Å². The molecule has 0 saturated carbocycles. The zero-order valence-corrected chi connectivity index (χ0v) is 21.3. The van der Waals surface area contributed by atoms with Gasteiger partial charge < -0.3 is 0 Å². The molecule has 0 spiro atoms. The molecule has 1 saturated heterocycles. The summed E-state index contributed by atoms with van der Waals surface area (Å²) >= 11 is 6.18. The maximum atomic E-state index is 14.8. The fourth-order valence-corrected chi connectivity index (χ4v) is 7.87. The zero-order valence-electron chi connectivity index (χ0n) is 19.3. The SMILES string of the molecule is CCCCCC1(c2ccc(-c3ccccc3F)c(-c3ccc(Cl)cc3)c2)CC[SiH](C)CC1. The van der Waals surface area contributed by atoms with Gasteiger partial charge in [-0.2, -0.15) is 0 Å². The second-order valence-corrected chi connectivity index (χ2v) is 13.5. The largest absolute Gasteiger partial charge is 0.206 e. The van der Waals surface area contributed by atoms with E-state index in [4.69, 9.17) is 11.6 Å². The van der Waals surface area contributed by atoms with E-state index in [1.54, 1.807) is 12.1 Å². The Morgan fingerprint density at radius 2 is 1.59 bits per heavy atom. The first kappa shape index (κ1) is 23.3. The monoisotopic (exact) mass is 464 g/mol. The van der Waals surface area contributed by atoms with E-state index in [2.05, 4.69) is 43.8 Å². The van der Waals surface area contributed by atoms with Crippen LogP contribution < -0.4 is 0 Å². The maximum absolute atomic E-state index is 14.8. The molecule has 0 N–H and O–H groups in total. The molecule has 32 heavy (non-hydrogen) atoms. The van der Waals surface area contributed by atoms with Gasteiger partial charge in [-0.15, -0.1) is 0 Å². The van der Waals surface area contributed by atoms with Crippen molar-refractivity contribution in [3.63, 3.8) is 0 Å². The van der Waals surface area contributed by atoms with Crippen molar-refractivity contribution in [1.82, 2.24) is 0 Å². The zero-order chi connectivity index (χ0) is 22.6. The van der Waals surface area contributed by atoms with Crippen LogP contribution in [0, 0.1) is 5.82 Å². The molecule has 1 heterocycles. The number of hydrogen-bond donors (Lipinski definition) is 0. The van der Waals surface area contributed by atoms with Crippen molar-refractivity contribution in [2.24, 2.45) is 0 Å². The summed E-state index contributed by atoms with van der Waals surface area (Å²) in [6.45, 7) is 4.81. The topological polar surface area (TPSA) is 0 Å². The van der Waals surface area contributed by atoms with Gasteiger partial charge in [0.05, 0.1) is 0 Å². The van der Waals surface area contributed by atoms with Gasteiger partial charge >= 0.3 is 0 Å². The highest BCUT2D eigenvalue weighted by atomic mass is 35.5. The molecule has 0 atom stereocenters. The number of unbranched alkanes of at least 4 members (excludes halogenated alkanes) is 2. The normalized spacial score (nSPS) is 20.9. The standard InChI is InChI=1S/C29H34ClFSi/c1-3-4-7-16-29(17-19-32(2)20-18-29)23-12-15-25(26-8-5-6-9-28(26)31)27(21-23)22-10-13-24(30)14-11-22/h5-6,8-15,21,32H,3-4,7,16-20H2,1-2H3. The molecule has 168 valence electrons. The predicted molar refractivity (Wildman–Crippen MR) is 140 cm³/mol. The highest BCUT2D eigenvalue weighted by molar-refractivity contribution is 6.57. The van der Waals surface area contributed by atoms with Crippen LogP contribution in [0.3, 0.4) is 0 Å². The summed E-state index contributed by atoms with van der Waals surface area (Å²) in [4.78, 5) is 0. The second kappa shape index (κ2) is 10.4. The first-order chi connectivity index (χ1) is 15.5. The molecular formula is C29H34ClFSi. The van der Waals surface area contributed by atoms with Crippen LogP contribution in [0.2, 0.25) is 23.7 Å². The lowest BCUT2D eigenvalue weighted by Crippen LogP contribution is -2.33. The van der Waals surface area contributed by atoms with Gasteiger partial charge in [-0.25, -0.2) is 4.39 Å². The molecule has 0 nitrogen and oxygen atoms in total. The van der Waals surface area contributed by atoms with Crippen LogP contribution in [0.15, 0.2) is 66.7 Å². The van der Waals surface area contributed by atoms with Crippen molar-refractivity contribution in [1.29, 1.82) is 0 Å². The number of halogens is 2. The lowest BCUT2D eigenvalue weighted by Gasteiger charge is -2.40. The van der Waals surface area contributed by atoms with E-state index in [1.807, 2.05) is 24.3 Å². The van der Waals surface area contributed by atoms with Crippen LogP contribution in [0.5, 0.6) is 0 Å². The van der Waals surface area contributed by atoms with Gasteiger partial charge in [-0.1, -0.05) is 98.9 Å². The fourth-order valence-electron chi connectivity index (χ4n) is 5.37. The summed E-state index contributed by atoms with van der Waals surface area (Å²) in [7, 11) is -0.549. The van der Waals surface area contributed by atoms with Crippen LogP contribution >= 0.6 is 11.6 Å². The smallest absolute Gasteiger partial charge is 0.131 e. The molecule has 1 aliphatic rings. The van der Waals surface area contributed by atoms with Crippen molar-refractivity contribution >= 4 is 20.4 Å². The molecule has 0 amide bonds. The Morgan fingerprint density at radius 1 is 0.875 bits per heavy atom. The molecule has 0 radical (unpaired) electrons. The van der Waals surface area contributed by atoms with Gasteiger partial charge in [0, 0.05) is 19.4 Å². The third-order valence-electron chi connectivity index (χ3n) is 7.44. The fraction of sp³-hybridized carbons (Fsp3) is 0.379. The highest BCUT2D eigenvalue weighted by Gasteiger charge is 2.36. The lowest BCUT2D eigenvalue weighted by molar-refractivity contribution is 0.338. The predicted octanol–water partition coefficient (Wildman–Crippen LogP) is 9.28. The number of rotatable bonds is 7. The lowest BCUT2D eigenvalue weighted by atomic mass is 9.70. The van der Waals surface area contributed by atoms with Crippen molar-refractivity contribution in [3.05, 3.63) is 83.1 Å². The Kier molecular flexibility index (Phi) is 7.53. The molecule has 3 aromatic carbocycles. The highest BCUT2D eigenvalue weighted by Crippen LogP contribution is 2.46. The maximum Gasteiger partial charge on any atom is 0.131 e. The quantitative estimate of drug-likeness (QED) is 0.241. The average Bonchev–Trinajstić information content (AvgIpc) is 2.81. The summed E-state index contributed by atoms with van der Waals surface area (Å²) in [6, 6.07) is 24.8. The number of hydrogen-bond acceptors (Lipinski definition) is 0. The second-order valence-electron chi connectivity index (χ2n) is 9.67. The average molecular weight is 465 g/mol. The van der Waals surface area contributed by atoms with E-state index < -0.39 is 8.80 Å². The van der Waals surface area contributed by atoms with Crippen molar-refractivity contribution in [3.8, 4) is 22.3 Å². The minimum Gasteiger partial charge on any atom is -0.206 e. The van der Waals surface area contributed by atoms with Crippen LogP contribution in [-0.4, -0.2) is 8.80 Å². The van der Waals surface area contributed by atoms with E-state index >= 15 is 0 Å². The van der Waals surface area contributed by atoms with Gasteiger partial charge in [0.1, 0.15) is 5.82 Å². The Labute approximate surface area is 199 Å². The van der Waals surface area contributed by atoms with E-state index in [1.165, 1.54) is 56.2 Å². The van der Waals surface area contributed by atoms with Crippen LogP contribution in [-0.2, 0) is 5.41 Å². The van der Waals surface area contributed by atoms with E-state index in [0.717, 1.165) is 21.7 Å². The molecule has 0 aromatic heterocycles. The van der Waals surface area contributed by atoms with Crippen molar-refractivity contribution in [2.75, 3.05) is 0 Å². The van der Waals surface area contributed by atoms with E-state index in [9.17, 15) is 4.39 Å². The molecule has 1 aliphatic heterocycles. The minimum atomic E-state index is -0.549. The molecule has 0 bridgehead atoms. The van der Waals surface area contributed by atoms with Crippen molar-refractivity contribution in [2.45, 2.75) is 69.5 Å². The Bertz CT molecular complexity index is 1040. The van der Waals surface area contributed by atoms with Gasteiger partial charge in [0.15, 0.2) is 0 Å². The first-order valence-electron chi connectivity index (χ1n) is 12.2. The molecular weight excluding hydrogens is 431 g/mol. The summed E-state index contributed by atoms with van der Waals surface area (Å²) in [6.07, 6.45) is 7.72. The van der Waals surface area contributed by atoms with Gasteiger partial charge in [-0.3, -0.25) is 0 Å². The molecule has 0 unspecified atom stereocenters. The van der Waals surface area contributed by atoms with E-state index in [-0.39, 0.29) is 11.2 Å². The molecule has 0 aliphatic carbocycles. The van der Waals surface area contributed by atoms with Crippen LogP contribution in [0.25, 0.3) is 22.3 Å².